The van der Waals surface area contributed by atoms with Gasteiger partial charge in [-0.05, 0) is 54.7 Å². The minimum absolute atomic E-state index is 0.405. The molecule has 0 spiro atoms. The molecule has 0 saturated heterocycles. The zero-order valence-electron chi connectivity index (χ0n) is 15.2. The quantitative estimate of drug-likeness (QED) is 0.714. The third kappa shape index (κ3) is 3.26. The number of methoxy groups -OCH3 is 2. The third-order valence-electron chi connectivity index (χ3n) is 4.74. The van der Waals surface area contributed by atoms with Gasteiger partial charge in [-0.25, -0.2) is 0 Å². The van der Waals surface area contributed by atoms with Crippen molar-refractivity contribution >= 4 is 16.8 Å². The van der Waals surface area contributed by atoms with Gasteiger partial charge in [0.05, 0.1) is 19.7 Å². The first-order valence-corrected chi connectivity index (χ1v) is 8.73. The van der Waals surface area contributed by atoms with E-state index in [9.17, 15) is 4.79 Å². The summed E-state index contributed by atoms with van der Waals surface area (Å²) < 4.78 is 17.0. The highest BCUT2D eigenvalue weighted by molar-refractivity contribution is 5.93. The maximum atomic E-state index is 11.5. The van der Waals surface area contributed by atoms with Crippen molar-refractivity contribution in [2.24, 2.45) is 5.73 Å². The summed E-state index contributed by atoms with van der Waals surface area (Å²) in [5.74, 6) is 2.57. The summed E-state index contributed by atoms with van der Waals surface area (Å²) >= 11 is 0. The number of nitrogens with zero attached hydrogens (tertiary/aromatic N) is 1. The summed E-state index contributed by atoms with van der Waals surface area (Å²) in [6, 6.07) is 10.8. The van der Waals surface area contributed by atoms with Crippen LogP contribution in [0.15, 0.2) is 42.6 Å². The highest BCUT2D eigenvalue weighted by atomic mass is 16.5. The Labute approximate surface area is 156 Å². The number of amides is 1. The van der Waals surface area contributed by atoms with Crippen molar-refractivity contribution in [1.29, 1.82) is 0 Å². The van der Waals surface area contributed by atoms with E-state index >= 15 is 0 Å². The first-order valence-electron chi connectivity index (χ1n) is 8.73. The van der Waals surface area contributed by atoms with E-state index in [1.807, 2.05) is 24.3 Å². The van der Waals surface area contributed by atoms with Crippen molar-refractivity contribution in [3.8, 4) is 23.0 Å². The van der Waals surface area contributed by atoms with Gasteiger partial charge in [0.2, 0.25) is 5.91 Å². The fourth-order valence-electron chi connectivity index (χ4n) is 3.16. The molecule has 2 N–H and O–H groups in total. The number of rotatable bonds is 6. The molecule has 6 nitrogen and oxygen atoms in total. The summed E-state index contributed by atoms with van der Waals surface area (Å²) in [4.78, 5) is 15.9. The third-order valence-corrected chi connectivity index (χ3v) is 4.74. The van der Waals surface area contributed by atoms with Crippen molar-refractivity contribution in [1.82, 2.24) is 4.98 Å². The van der Waals surface area contributed by atoms with E-state index in [1.54, 1.807) is 32.5 Å². The molecule has 1 aliphatic carbocycles. The van der Waals surface area contributed by atoms with Gasteiger partial charge in [0.1, 0.15) is 11.5 Å². The average molecular weight is 364 g/mol. The lowest BCUT2D eigenvalue weighted by Gasteiger charge is -2.15. The molecule has 27 heavy (non-hydrogen) atoms. The van der Waals surface area contributed by atoms with Crippen LogP contribution in [0.4, 0.5) is 0 Å². The van der Waals surface area contributed by atoms with Gasteiger partial charge in [0, 0.05) is 23.2 Å². The number of fused-ring (bicyclic) bond motifs is 1. The van der Waals surface area contributed by atoms with Gasteiger partial charge in [0.25, 0.3) is 0 Å². The first-order chi connectivity index (χ1) is 13.1. The van der Waals surface area contributed by atoms with Gasteiger partial charge in [-0.2, -0.15) is 0 Å². The van der Waals surface area contributed by atoms with Crippen LogP contribution in [0.1, 0.15) is 34.7 Å². The van der Waals surface area contributed by atoms with Crippen LogP contribution in [-0.4, -0.2) is 25.1 Å². The Kier molecular flexibility index (Phi) is 4.32. The number of carbonyl (C=O) groups is 1. The second-order valence-corrected chi connectivity index (χ2v) is 6.53. The molecule has 1 saturated carbocycles. The van der Waals surface area contributed by atoms with E-state index in [1.165, 1.54) is 0 Å². The van der Waals surface area contributed by atoms with Crippen LogP contribution in [0.25, 0.3) is 10.9 Å². The summed E-state index contributed by atoms with van der Waals surface area (Å²) in [6.07, 6.45) is 3.86. The first kappa shape index (κ1) is 17.1. The van der Waals surface area contributed by atoms with Crippen LogP contribution in [0.3, 0.4) is 0 Å². The number of hydrogen-bond donors (Lipinski definition) is 1. The van der Waals surface area contributed by atoms with Crippen molar-refractivity contribution in [3.63, 3.8) is 0 Å². The van der Waals surface area contributed by atoms with E-state index in [0.29, 0.717) is 28.7 Å². The zero-order valence-corrected chi connectivity index (χ0v) is 15.2. The highest BCUT2D eigenvalue weighted by Crippen LogP contribution is 2.46. The molecule has 1 aliphatic rings. The molecule has 0 aliphatic heterocycles. The van der Waals surface area contributed by atoms with Crippen LogP contribution >= 0.6 is 0 Å². The van der Waals surface area contributed by atoms with Crippen LogP contribution in [0.5, 0.6) is 23.0 Å². The smallest absolute Gasteiger partial charge is 0.248 e. The van der Waals surface area contributed by atoms with E-state index < -0.39 is 5.91 Å². The highest BCUT2D eigenvalue weighted by Gasteiger charge is 2.28. The molecule has 1 aromatic heterocycles. The molecule has 0 bridgehead atoms. The Hall–Kier alpha value is -3.28. The van der Waals surface area contributed by atoms with Crippen LogP contribution < -0.4 is 19.9 Å². The van der Waals surface area contributed by atoms with E-state index in [4.69, 9.17) is 19.9 Å². The fourth-order valence-corrected chi connectivity index (χ4v) is 3.16. The molecule has 0 atom stereocenters. The largest absolute Gasteiger partial charge is 0.493 e. The Balaban J connectivity index is 1.79. The van der Waals surface area contributed by atoms with Gasteiger partial charge in [-0.1, -0.05) is 0 Å². The molecule has 4 rings (SSSR count). The number of primary amides is 1. The monoisotopic (exact) mass is 364 g/mol. The van der Waals surface area contributed by atoms with Crippen LogP contribution in [0, 0.1) is 0 Å². The Morgan fingerprint density at radius 2 is 1.74 bits per heavy atom. The minimum atomic E-state index is -0.436. The number of ether oxygens (including phenoxy) is 3. The Bertz CT molecular complexity index is 1030. The lowest BCUT2D eigenvalue weighted by Crippen LogP contribution is -2.11. The molecule has 138 valence electrons. The van der Waals surface area contributed by atoms with E-state index in [0.717, 1.165) is 35.1 Å². The SMILES string of the molecule is COc1cc2nccc(Oc3ccc(C(N)=O)cc3C3CC3)c2cc1OC. The average Bonchev–Trinajstić information content (AvgIpc) is 3.52. The van der Waals surface area contributed by atoms with Gasteiger partial charge < -0.3 is 19.9 Å². The number of benzene rings is 2. The number of nitrogens with two attached hydrogens (primary N) is 1. The van der Waals surface area contributed by atoms with Gasteiger partial charge >= 0.3 is 0 Å². The van der Waals surface area contributed by atoms with E-state index in [2.05, 4.69) is 4.98 Å². The summed E-state index contributed by atoms with van der Waals surface area (Å²) in [7, 11) is 3.18. The molecule has 6 heteroatoms. The molecular formula is C21H20N2O4. The fraction of sp³-hybridized carbons (Fsp3) is 0.238. The lowest BCUT2D eigenvalue weighted by atomic mass is 10.1. The Morgan fingerprint density at radius 3 is 2.41 bits per heavy atom. The second kappa shape index (κ2) is 6.79. The number of hydrogen-bond acceptors (Lipinski definition) is 5. The molecule has 1 fully saturated rings. The molecule has 0 unspecified atom stereocenters. The number of pyridine rings is 1. The standard InChI is InChI=1S/C21H20N2O4/c1-25-19-10-15-16(11-20(19)26-2)23-8-7-18(15)27-17-6-5-13(21(22)24)9-14(17)12-3-4-12/h5-12H,3-4H2,1-2H3,(H2,22,24). The molecule has 1 heterocycles. The van der Waals surface area contributed by atoms with Crippen molar-refractivity contribution in [2.45, 2.75) is 18.8 Å². The topological polar surface area (TPSA) is 83.7 Å². The molecule has 0 radical (unpaired) electrons. The predicted octanol–water partition coefficient (Wildman–Crippen LogP) is 4.02. The summed E-state index contributed by atoms with van der Waals surface area (Å²) in [6.45, 7) is 0. The van der Waals surface area contributed by atoms with Crippen molar-refractivity contribution < 1.29 is 19.0 Å². The maximum Gasteiger partial charge on any atom is 0.248 e. The number of carbonyl (C=O) groups excluding carboxylic acids is 1. The van der Waals surface area contributed by atoms with Crippen LogP contribution in [-0.2, 0) is 0 Å². The maximum absolute atomic E-state index is 11.5. The summed E-state index contributed by atoms with van der Waals surface area (Å²) in [5, 5.41) is 0.816. The zero-order chi connectivity index (χ0) is 19.0. The lowest BCUT2D eigenvalue weighted by molar-refractivity contribution is 0.1000. The van der Waals surface area contributed by atoms with Gasteiger partial charge in [-0.15, -0.1) is 0 Å². The molecular weight excluding hydrogens is 344 g/mol. The van der Waals surface area contributed by atoms with Crippen molar-refractivity contribution in [2.75, 3.05) is 14.2 Å². The van der Waals surface area contributed by atoms with Gasteiger partial charge in [0.15, 0.2) is 11.5 Å². The molecule has 2 aromatic carbocycles. The second-order valence-electron chi connectivity index (χ2n) is 6.53. The predicted molar refractivity (Wildman–Crippen MR) is 102 cm³/mol. The Morgan fingerprint density at radius 1 is 1.00 bits per heavy atom. The van der Waals surface area contributed by atoms with E-state index in [-0.39, 0.29) is 0 Å². The molecule has 3 aromatic rings. The molecule has 1 amide bonds. The van der Waals surface area contributed by atoms with Gasteiger partial charge in [-0.3, -0.25) is 9.78 Å². The number of aromatic nitrogens is 1. The minimum Gasteiger partial charge on any atom is -0.493 e. The normalized spacial score (nSPS) is 13.4. The summed E-state index contributed by atoms with van der Waals surface area (Å²) in [5.41, 5.74) is 7.67. The van der Waals surface area contributed by atoms with Crippen LogP contribution in [0.2, 0.25) is 0 Å². The van der Waals surface area contributed by atoms with Crippen molar-refractivity contribution in [3.05, 3.63) is 53.7 Å².